The average molecular weight is 378 g/mol. The van der Waals surface area contributed by atoms with Gasteiger partial charge in [0.05, 0.1) is 17.6 Å². The molecule has 0 aliphatic carbocycles. The molecule has 1 aliphatic rings. The Morgan fingerprint density at radius 3 is 2.81 bits per heavy atom. The van der Waals surface area contributed by atoms with Gasteiger partial charge in [-0.1, -0.05) is 12.1 Å². The van der Waals surface area contributed by atoms with E-state index in [1.54, 1.807) is 12.1 Å². The van der Waals surface area contributed by atoms with E-state index in [-0.39, 0.29) is 11.8 Å². The van der Waals surface area contributed by atoms with Crippen LogP contribution in [0.15, 0.2) is 29.3 Å². The highest BCUT2D eigenvalue weighted by Gasteiger charge is 2.14. The van der Waals surface area contributed by atoms with Crippen LogP contribution in [0.25, 0.3) is 0 Å². The molecule has 0 radical (unpaired) electrons. The molecule has 1 atom stereocenters. The Morgan fingerprint density at radius 2 is 2.15 bits per heavy atom. The molecular weight excluding hydrogens is 348 g/mol. The van der Waals surface area contributed by atoms with Crippen molar-refractivity contribution in [2.45, 2.75) is 45.3 Å². The third-order valence-corrected chi connectivity index (χ3v) is 4.30. The average Bonchev–Trinajstić information content (AvgIpc) is 2.70. The van der Waals surface area contributed by atoms with Gasteiger partial charge in [-0.05, 0) is 38.2 Å². The highest BCUT2D eigenvalue weighted by Crippen LogP contribution is 2.13. The Bertz CT molecular complexity index is 586. The summed E-state index contributed by atoms with van der Waals surface area (Å²) >= 11 is 0. The number of nitro groups is 1. The second-order valence-corrected chi connectivity index (χ2v) is 6.44. The molecule has 1 fully saturated rings. The summed E-state index contributed by atoms with van der Waals surface area (Å²) in [4.78, 5) is 14.9. The first kappa shape index (κ1) is 21.1. The van der Waals surface area contributed by atoms with Crippen molar-refractivity contribution in [1.29, 1.82) is 0 Å². The first-order valence-electron chi connectivity index (χ1n) is 9.64. The summed E-state index contributed by atoms with van der Waals surface area (Å²) in [6, 6.07) is 6.48. The maximum atomic E-state index is 10.7. The maximum absolute atomic E-state index is 10.7. The van der Waals surface area contributed by atoms with Crippen LogP contribution in [-0.2, 0) is 16.0 Å². The number of nitrogens with zero attached hydrogens (tertiary/aromatic N) is 2. The second kappa shape index (κ2) is 12.2. The van der Waals surface area contributed by atoms with E-state index >= 15 is 0 Å². The van der Waals surface area contributed by atoms with Crippen LogP contribution in [0, 0.1) is 10.1 Å². The van der Waals surface area contributed by atoms with Gasteiger partial charge in [0.25, 0.3) is 5.69 Å². The van der Waals surface area contributed by atoms with E-state index in [4.69, 9.17) is 9.47 Å². The standard InChI is InChI=1S/C19H30N4O4/c1-2-26-12-5-11-20-19(22-15-18-6-3-4-13-27-18)21-14-16-7-9-17(10-8-16)23(24)25/h7-10,18H,2-6,11-15H2,1H3,(H2,20,21,22). The zero-order valence-corrected chi connectivity index (χ0v) is 16.0. The summed E-state index contributed by atoms with van der Waals surface area (Å²) in [5, 5.41) is 17.4. The summed E-state index contributed by atoms with van der Waals surface area (Å²) in [5.41, 5.74) is 1.01. The van der Waals surface area contributed by atoms with E-state index in [0.29, 0.717) is 13.2 Å². The molecule has 27 heavy (non-hydrogen) atoms. The summed E-state index contributed by atoms with van der Waals surface area (Å²) in [7, 11) is 0. The van der Waals surface area contributed by atoms with E-state index in [2.05, 4.69) is 15.6 Å². The highest BCUT2D eigenvalue weighted by molar-refractivity contribution is 5.79. The predicted octanol–water partition coefficient (Wildman–Crippen LogP) is 2.63. The number of rotatable bonds is 10. The van der Waals surface area contributed by atoms with Crippen molar-refractivity contribution in [2.24, 2.45) is 4.99 Å². The molecule has 1 aromatic carbocycles. The van der Waals surface area contributed by atoms with Crippen LogP contribution < -0.4 is 10.6 Å². The van der Waals surface area contributed by atoms with Crippen molar-refractivity contribution >= 4 is 11.6 Å². The van der Waals surface area contributed by atoms with Gasteiger partial charge in [-0.15, -0.1) is 0 Å². The lowest BCUT2D eigenvalue weighted by Crippen LogP contribution is -2.43. The first-order chi connectivity index (χ1) is 13.2. The van der Waals surface area contributed by atoms with Crippen LogP contribution in [0.3, 0.4) is 0 Å². The van der Waals surface area contributed by atoms with Crippen LogP contribution in [0.1, 0.15) is 38.2 Å². The largest absolute Gasteiger partial charge is 0.382 e. The Balaban J connectivity index is 1.87. The lowest BCUT2D eigenvalue weighted by Gasteiger charge is -2.24. The smallest absolute Gasteiger partial charge is 0.269 e. The molecule has 1 aliphatic heterocycles. The summed E-state index contributed by atoms with van der Waals surface area (Å²) in [5.74, 6) is 0.721. The molecule has 0 bridgehead atoms. The number of ether oxygens (including phenoxy) is 2. The van der Waals surface area contributed by atoms with Gasteiger partial charge < -0.3 is 20.1 Å². The van der Waals surface area contributed by atoms with Gasteiger partial charge in [-0.25, -0.2) is 4.99 Å². The van der Waals surface area contributed by atoms with E-state index in [1.165, 1.54) is 18.6 Å². The minimum atomic E-state index is -0.399. The number of nitro benzene ring substituents is 1. The number of nitrogens with one attached hydrogen (secondary N) is 2. The van der Waals surface area contributed by atoms with E-state index < -0.39 is 4.92 Å². The second-order valence-electron chi connectivity index (χ2n) is 6.44. The molecule has 8 heteroatoms. The molecule has 1 heterocycles. The third-order valence-electron chi connectivity index (χ3n) is 4.30. The van der Waals surface area contributed by atoms with E-state index in [1.807, 2.05) is 6.92 Å². The van der Waals surface area contributed by atoms with Crippen LogP contribution in [0.5, 0.6) is 0 Å². The molecule has 8 nitrogen and oxygen atoms in total. The van der Waals surface area contributed by atoms with Crippen molar-refractivity contribution in [3.63, 3.8) is 0 Å². The van der Waals surface area contributed by atoms with Crippen LogP contribution >= 0.6 is 0 Å². The molecule has 150 valence electrons. The van der Waals surface area contributed by atoms with E-state index in [0.717, 1.165) is 57.1 Å². The van der Waals surface area contributed by atoms with Crippen molar-refractivity contribution in [3.8, 4) is 0 Å². The number of hydrogen-bond acceptors (Lipinski definition) is 5. The number of guanidine groups is 1. The Kier molecular flexibility index (Phi) is 9.57. The summed E-state index contributed by atoms with van der Waals surface area (Å²) in [6.07, 6.45) is 4.50. The van der Waals surface area contributed by atoms with Gasteiger partial charge in [0, 0.05) is 45.0 Å². The Labute approximate surface area is 160 Å². The van der Waals surface area contributed by atoms with Crippen LogP contribution in [0.2, 0.25) is 0 Å². The molecule has 0 spiro atoms. The van der Waals surface area contributed by atoms with Gasteiger partial charge in [0.15, 0.2) is 5.96 Å². The topological polar surface area (TPSA) is 98.0 Å². The van der Waals surface area contributed by atoms with Gasteiger partial charge in [0.1, 0.15) is 0 Å². The zero-order valence-electron chi connectivity index (χ0n) is 16.0. The SMILES string of the molecule is CCOCCCNC(=NCc1ccc([N+](=O)[O-])cc1)NCC1CCCCO1. The van der Waals surface area contributed by atoms with E-state index in [9.17, 15) is 10.1 Å². The Hall–Kier alpha value is -2.19. The Morgan fingerprint density at radius 1 is 1.33 bits per heavy atom. The number of aliphatic imine (C=N–C) groups is 1. The van der Waals surface area contributed by atoms with Crippen molar-refractivity contribution in [2.75, 3.05) is 32.9 Å². The van der Waals surface area contributed by atoms with Crippen LogP contribution in [-0.4, -0.2) is 49.9 Å². The van der Waals surface area contributed by atoms with Gasteiger partial charge >= 0.3 is 0 Å². The van der Waals surface area contributed by atoms with Gasteiger partial charge in [-0.3, -0.25) is 10.1 Å². The number of benzene rings is 1. The van der Waals surface area contributed by atoms with Crippen molar-refractivity contribution in [3.05, 3.63) is 39.9 Å². The molecule has 0 saturated carbocycles. The molecule has 2 rings (SSSR count). The first-order valence-corrected chi connectivity index (χ1v) is 9.64. The third kappa shape index (κ3) is 8.36. The number of non-ortho nitro benzene ring substituents is 1. The monoisotopic (exact) mass is 378 g/mol. The molecule has 0 amide bonds. The minimum Gasteiger partial charge on any atom is -0.382 e. The molecule has 1 saturated heterocycles. The summed E-state index contributed by atoms with van der Waals surface area (Å²) in [6.45, 7) is 6.17. The van der Waals surface area contributed by atoms with Gasteiger partial charge in [-0.2, -0.15) is 0 Å². The fraction of sp³-hybridized carbons (Fsp3) is 0.632. The quantitative estimate of drug-likeness (QED) is 0.214. The number of hydrogen-bond donors (Lipinski definition) is 2. The van der Waals surface area contributed by atoms with Crippen molar-refractivity contribution in [1.82, 2.24) is 10.6 Å². The minimum absolute atomic E-state index is 0.0876. The molecule has 1 unspecified atom stereocenters. The normalized spacial score (nSPS) is 17.5. The fourth-order valence-corrected chi connectivity index (χ4v) is 2.77. The highest BCUT2D eigenvalue weighted by atomic mass is 16.6. The zero-order chi connectivity index (χ0) is 19.3. The summed E-state index contributed by atoms with van der Waals surface area (Å²) < 4.78 is 11.1. The maximum Gasteiger partial charge on any atom is 0.269 e. The van der Waals surface area contributed by atoms with Gasteiger partial charge in [0.2, 0.25) is 0 Å². The fourth-order valence-electron chi connectivity index (χ4n) is 2.77. The lowest BCUT2D eigenvalue weighted by molar-refractivity contribution is -0.384. The lowest BCUT2D eigenvalue weighted by atomic mass is 10.1. The van der Waals surface area contributed by atoms with Crippen molar-refractivity contribution < 1.29 is 14.4 Å². The van der Waals surface area contributed by atoms with Crippen LogP contribution in [0.4, 0.5) is 5.69 Å². The molecule has 0 aromatic heterocycles. The molecular formula is C19H30N4O4. The predicted molar refractivity (Wildman–Crippen MR) is 105 cm³/mol. The molecule has 2 N–H and O–H groups in total. The molecule has 1 aromatic rings.